The maximum absolute atomic E-state index is 11.9. The van der Waals surface area contributed by atoms with E-state index in [0.717, 1.165) is 0 Å². The van der Waals surface area contributed by atoms with E-state index in [-0.39, 0.29) is 29.6 Å². The normalized spacial score (nSPS) is 11.1. The number of thioether (sulfide) groups is 1. The summed E-state index contributed by atoms with van der Waals surface area (Å²) in [6.07, 6.45) is 0.345. The Hall–Kier alpha value is -1.53. The number of nitrogens with one attached hydrogen (secondary N) is 1. The van der Waals surface area contributed by atoms with E-state index in [1.54, 1.807) is 38.1 Å². The van der Waals surface area contributed by atoms with Gasteiger partial charge in [0.05, 0.1) is 11.5 Å². The highest BCUT2D eigenvalue weighted by molar-refractivity contribution is 8.00. The number of hydrogen-bond acceptors (Lipinski definition) is 4. The number of carboxylic acid groups (broad SMARTS) is 1. The summed E-state index contributed by atoms with van der Waals surface area (Å²) >= 11 is 6.99. The zero-order valence-corrected chi connectivity index (χ0v) is 14.7. The van der Waals surface area contributed by atoms with Crippen molar-refractivity contribution in [1.29, 1.82) is 0 Å². The second-order valence-electron chi connectivity index (χ2n) is 5.75. The van der Waals surface area contributed by atoms with Gasteiger partial charge in [-0.25, -0.2) is 0 Å². The highest BCUT2D eigenvalue weighted by atomic mass is 35.5. The third-order valence-corrected chi connectivity index (χ3v) is 4.26. The average Bonchev–Trinajstić information content (AvgIpc) is 2.45. The first-order valence-electron chi connectivity index (χ1n) is 7.09. The van der Waals surface area contributed by atoms with Crippen molar-refractivity contribution in [3.05, 3.63) is 34.9 Å². The summed E-state index contributed by atoms with van der Waals surface area (Å²) in [5, 5.41) is 12.0. The lowest BCUT2D eigenvalue weighted by Crippen LogP contribution is -2.44. The Labute approximate surface area is 144 Å². The predicted molar refractivity (Wildman–Crippen MR) is 92.2 cm³/mol. The molecule has 0 aromatic heterocycles. The summed E-state index contributed by atoms with van der Waals surface area (Å²) in [5.41, 5.74) is -0.0277. The zero-order valence-electron chi connectivity index (χ0n) is 13.1. The Balaban J connectivity index is 2.34. The van der Waals surface area contributed by atoms with Crippen LogP contribution in [0.5, 0.6) is 0 Å². The molecule has 0 aliphatic rings. The SMILES string of the molecule is CC(C)(CCC(=O)O)NC(=O)CSCC(=O)c1ccc(Cl)cc1. The maximum atomic E-state index is 11.9. The van der Waals surface area contributed by atoms with Crippen LogP contribution in [0.25, 0.3) is 0 Å². The van der Waals surface area contributed by atoms with E-state index >= 15 is 0 Å². The quantitative estimate of drug-likeness (QED) is 0.664. The number of aliphatic carboxylic acids is 1. The molecule has 0 radical (unpaired) electrons. The lowest BCUT2D eigenvalue weighted by Gasteiger charge is -2.25. The monoisotopic (exact) mass is 357 g/mol. The van der Waals surface area contributed by atoms with Crippen LogP contribution in [0.3, 0.4) is 0 Å². The van der Waals surface area contributed by atoms with Gasteiger partial charge in [-0.15, -0.1) is 11.8 Å². The molecule has 0 saturated carbocycles. The van der Waals surface area contributed by atoms with Crippen LogP contribution in [-0.2, 0) is 9.59 Å². The first-order chi connectivity index (χ1) is 10.7. The molecule has 1 amide bonds. The van der Waals surface area contributed by atoms with Crippen molar-refractivity contribution in [3.8, 4) is 0 Å². The number of carboxylic acids is 1. The molecule has 0 saturated heterocycles. The number of hydrogen-bond donors (Lipinski definition) is 2. The number of rotatable bonds is 9. The Kier molecular flexibility index (Phi) is 7.58. The fourth-order valence-electron chi connectivity index (χ4n) is 1.85. The molecule has 2 N–H and O–H groups in total. The van der Waals surface area contributed by atoms with E-state index in [2.05, 4.69) is 5.32 Å². The summed E-state index contributed by atoms with van der Waals surface area (Å²) in [5.74, 6) is -0.824. The van der Waals surface area contributed by atoms with E-state index in [0.29, 0.717) is 17.0 Å². The molecule has 23 heavy (non-hydrogen) atoms. The van der Waals surface area contributed by atoms with Crippen LogP contribution < -0.4 is 5.32 Å². The first-order valence-corrected chi connectivity index (χ1v) is 8.62. The van der Waals surface area contributed by atoms with Crippen molar-refractivity contribution < 1.29 is 19.5 Å². The van der Waals surface area contributed by atoms with Crippen LogP contribution in [0.2, 0.25) is 5.02 Å². The minimum Gasteiger partial charge on any atom is -0.481 e. The Morgan fingerprint density at radius 1 is 1.17 bits per heavy atom. The van der Waals surface area contributed by atoms with Gasteiger partial charge < -0.3 is 10.4 Å². The van der Waals surface area contributed by atoms with Gasteiger partial charge in [-0.05, 0) is 44.5 Å². The van der Waals surface area contributed by atoms with Crippen LogP contribution in [0.1, 0.15) is 37.0 Å². The van der Waals surface area contributed by atoms with Crippen molar-refractivity contribution in [2.24, 2.45) is 0 Å². The van der Waals surface area contributed by atoms with Crippen LogP contribution in [0.4, 0.5) is 0 Å². The van der Waals surface area contributed by atoms with Crippen molar-refractivity contribution in [1.82, 2.24) is 5.32 Å². The third kappa shape index (κ3) is 8.04. The molecule has 0 atom stereocenters. The fourth-order valence-corrected chi connectivity index (χ4v) is 2.69. The third-order valence-electron chi connectivity index (χ3n) is 3.07. The number of carbonyl (C=O) groups excluding carboxylic acids is 2. The number of halogens is 1. The number of amides is 1. The number of Topliss-reactive ketones (excluding diaryl/α,β-unsaturated/α-hetero) is 1. The Morgan fingerprint density at radius 2 is 1.78 bits per heavy atom. The minimum absolute atomic E-state index is 0.00449. The van der Waals surface area contributed by atoms with E-state index in [1.165, 1.54) is 11.8 Å². The van der Waals surface area contributed by atoms with Crippen LogP contribution in [0.15, 0.2) is 24.3 Å². The summed E-state index contributed by atoms with van der Waals surface area (Å²) in [4.78, 5) is 34.4. The molecule has 0 aliphatic heterocycles. The van der Waals surface area contributed by atoms with Gasteiger partial charge in [-0.1, -0.05) is 11.6 Å². The standard InChI is InChI=1S/C16H20ClNO4S/c1-16(2,8-7-15(21)22)18-14(20)10-23-9-13(19)11-3-5-12(17)6-4-11/h3-6H,7-10H2,1-2H3,(H,18,20)(H,21,22). The lowest BCUT2D eigenvalue weighted by molar-refractivity contribution is -0.137. The van der Waals surface area contributed by atoms with Crippen molar-refractivity contribution in [2.45, 2.75) is 32.2 Å². The molecular formula is C16H20ClNO4S. The van der Waals surface area contributed by atoms with Gasteiger partial charge in [0.15, 0.2) is 5.78 Å². The Bertz CT molecular complexity index is 572. The highest BCUT2D eigenvalue weighted by Gasteiger charge is 2.21. The van der Waals surface area contributed by atoms with E-state index in [4.69, 9.17) is 16.7 Å². The fraction of sp³-hybridized carbons (Fsp3) is 0.438. The van der Waals surface area contributed by atoms with Crippen LogP contribution >= 0.6 is 23.4 Å². The number of benzene rings is 1. The van der Waals surface area contributed by atoms with Crippen molar-refractivity contribution in [3.63, 3.8) is 0 Å². The second kappa shape index (κ2) is 8.93. The van der Waals surface area contributed by atoms with Gasteiger partial charge in [0.25, 0.3) is 0 Å². The number of carbonyl (C=O) groups is 3. The second-order valence-corrected chi connectivity index (χ2v) is 7.17. The Morgan fingerprint density at radius 3 is 2.35 bits per heavy atom. The van der Waals surface area contributed by atoms with Crippen molar-refractivity contribution in [2.75, 3.05) is 11.5 Å². The number of ketones is 1. The summed E-state index contributed by atoms with van der Waals surface area (Å²) < 4.78 is 0. The largest absolute Gasteiger partial charge is 0.481 e. The smallest absolute Gasteiger partial charge is 0.303 e. The van der Waals surface area contributed by atoms with Gasteiger partial charge in [0.2, 0.25) is 5.91 Å². The van der Waals surface area contributed by atoms with Crippen LogP contribution in [-0.4, -0.2) is 39.8 Å². The molecule has 0 fully saturated rings. The van der Waals surface area contributed by atoms with Gasteiger partial charge >= 0.3 is 5.97 Å². The van der Waals surface area contributed by atoms with Gasteiger partial charge in [0.1, 0.15) is 0 Å². The molecular weight excluding hydrogens is 338 g/mol. The zero-order chi connectivity index (χ0) is 17.5. The van der Waals surface area contributed by atoms with Crippen LogP contribution in [0, 0.1) is 0 Å². The van der Waals surface area contributed by atoms with Gasteiger partial charge in [-0.2, -0.15) is 0 Å². The molecule has 126 valence electrons. The van der Waals surface area contributed by atoms with E-state index in [1.807, 2.05) is 0 Å². The minimum atomic E-state index is -0.893. The molecule has 0 spiro atoms. The maximum Gasteiger partial charge on any atom is 0.303 e. The topological polar surface area (TPSA) is 83.5 Å². The summed E-state index contributed by atoms with van der Waals surface area (Å²) in [6.45, 7) is 3.55. The molecule has 7 heteroatoms. The first kappa shape index (κ1) is 19.5. The predicted octanol–water partition coefficient (Wildman–Crippen LogP) is 3.02. The molecule has 0 unspecified atom stereocenters. The highest BCUT2D eigenvalue weighted by Crippen LogP contribution is 2.14. The molecule has 1 aromatic carbocycles. The summed E-state index contributed by atoms with van der Waals surface area (Å²) in [7, 11) is 0. The van der Waals surface area contributed by atoms with E-state index < -0.39 is 11.5 Å². The van der Waals surface area contributed by atoms with Gasteiger partial charge in [0, 0.05) is 22.5 Å². The summed E-state index contributed by atoms with van der Waals surface area (Å²) in [6, 6.07) is 6.61. The van der Waals surface area contributed by atoms with E-state index in [9.17, 15) is 14.4 Å². The van der Waals surface area contributed by atoms with Gasteiger partial charge in [-0.3, -0.25) is 14.4 Å². The van der Waals surface area contributed by atoms with Crippen molar-refractivity contribution >= 4 is 41.0 Å². The lowest BCUT2D eigenvalue weighted by atomic mass is 9.98. The molecule has 0 bridgehead atoms. The average molecular weight is 358 g/mol. The molecule has 0 aliphatic carbocycles. The molecule has 1 rings (SSSR count). The molecule has 5 nitrogen and oxygen atoms in total. The molecule has 1 aromatic rings. The molecule has 0 heterocycles.